The Morgan fingerprint density at radius 1 is 1.31 bits per heavy atom. The molecule has 3 aromatic rings. The maximum atomic E-state index is 13.2. The highest BCUT2D eigenvalue weighted by Gasteiger charge is 2.29. The number of nitrogens with one attached hydrogen (secondary N) is 1. The monoisotopic (exact) mass is 478 g/mol. The van der Waals surface area contributed by atoms with Gasteiger partial charge in [0.15, 0.2) is 5.75 Å². The highest BCUT2D eigenvalue weighted by Crippen LogP contribution is 2.35. The van der Waals surface area contributed by atoms with E-state index in [4.69, 9.17) is 9.84 Å². The van der Waals surface area contributed by atoms with Crippen molar-refractivity contribution in [2.75, 3.05) is 13.7 Å². The molecule has 4 rings (SSSR count). The first kappa shape index (κ1) is 23.5. The van der Waals surface area contributed by atoms with Crippen LogP contribution in [-0.2, 0) is 16.8 Å². The van der Waals surface area contributed by atoms with E-state index in [1.54, 1.807) is 11.6 Å². The average Bonchev–Trinajstić information content (AvgIpc) is 3.32. The van der Waals surface area contributed by atoms with Gasteiger partial charge in [0.2, 0.25) is 9.86 Å². The van der Waals surface area contributed by atoms with Crippen molar-refractivity contribution in [2.24, 2.45) is 0 Å². The number of rotatable bonds is 7. The largest absolute Gasteiger partial charge is 0.593 e. The van der Waals surface area contributed by atoms with Gasteiger partial charge < -0.3 is 19.5 Å². The number of aromatic nitrogens is 3. The van der Waals surface area contributed by atoms with Crippen molar-refractivity contribution in [3.63, 3.8) is 0 Å². The zero-order valence-electron chi connectivity index (χ0n) is 18.8. The van der Waals surface area contributed by atoms with Crippen molar-refractivity contribution in [2.45, 2.75) is 68.9 Å². The zero-order chi connectivity index (χ0) is 23.0. The Kier molecular flexibility index (Phi) is 6.81. The molecule has 1 saturated carbocycles. The van der Waals surface area contributed by atoms with Gasteiger partial charge in [0.1, 0.15) is 5.01 Å². The number of benzene rings is 1. The van der Waals surface area contributed by atoms with Gasteiger partial charge in [-0.1, -0.05) is 25.2 Å². The molecule has 0 amide bonds. The summed E-state index contributed by atoms with van der Waals surface area (Å²) in [6.45, 7) is 5.82. The molecule has 1 aromatic carbocycles. The minimum atomic E-state index is -1.46. The normalized spacial score (nSPS) is 20.6. The molecule has 2 heterocycles. The van der Waals surface area contributed by atoms with Gasteiger partial charge in [0.25, 0.3) is 0 Å². The second kappa shape index (κ2) is 9.28. The lowest BCUT2D eigenvalue weighted by molar-refractivity contribution is 0.120. The van der Waals surface area contributed by atoms with E-state index < -0.39 is 16.8 Å². The lowest BCUT2D eigenvalue weighted by Crippen LogP contribution is -2.38. The van der Waals surface area contributed by atoms with Gasteiger partial charge in [-0.3, -0.25) is 0 Å². The number of aliphatic hydroxyl groups excluding tert-OH is 2. The minimum absolute atomic E-state index is 0.00644. The fourth-order valence-electron chi connectivity index (χ4n) is 3.90. The van der Waals surface area contributed by atoms with E-state index in [0.717, 1.165) is 52.6 Å². The summed E-state index contributed by atoms with van der Waals surface area (Å²) in [6.07, 6.45) is 2.76. The standard InChI is InChI=1S/C22H30N4O4S2/c1-13-19(26-21(23-13)31-20(24-26)22(2,3)12-27)14-5-10-17(30-4)18(11-14)32(29)25-15-6-8-16(28)9-7-15/h5,10-11,15-16,25,27-28H,6-9,12H2,1-4H3/t15-,16+,32?. The van der Waals surface area contributed by atoms with E-state index >= 15 is 0 Å². The highest BCUT2D eigenvalue weighted by atomic mass is 32.2. The van der Waals surface area contributed by atoms with Crippen molar-refractivity contribution < 1.29 is 19.5 Å². The molecule has 1 atom stereocenters. The molecule has 0 spiro atoms. The van der Waals surface area contributed by atoms with E-state index in [1.807, 2.05) is 39.0 Å². The van der Waals surface area contributed by atoms with E-state index in [-0.39, 0.29) is 18.8 Å². The summed E-state index contributed by atoms with van der Waals surface area (Å²) in [7, 11) is 1.57. The fraction of sp³-hybridized carbons (Fsp3) is 0.545. The molecule has 0 saturated heterocycles. The van der Waals surface area contributed by atoms with Crippen LogP contribution in [0.2, 0.25) is 0 Å². The van der Waals surface area contributed by atoms with Gasteiger partial charge in [-0.15, -0.1) is 4.72 Å². The average molecular weight is 479 g/mol. The SMILES string of the molecule is COc1ccc(-c2c(C)nc3sc(C(C)(C)CO)nn23)cc1[S+]([O-])N[C@H]1CC[C@@H](O)CC1. The van der Waals surface area contributed by atoms with Crippen molar-refractivity contribution in [1.29, 1.82) is 0 Å². The Labute approximate surface area is 195 Å². The predicted octanol–water partition coefficient (Wildman–Crippen LogP) is 2.96. The molecule has 0 radical (unpaired) electrons. The van der Waals surface area contributed by atoms with Gasteiger partial charge in [-0.05, 0) is 44.7 Å². The third kappa shape index (κ3) is 4.52. The first-order valence-corrected chi connectivity index (χ1v) is 12.7. The molecule has 2 aromatic heterocycles. The molecular formula is C22H30N4O4S2. The predicted molar refractivity (Wildman–Crippen MR) is 126 cm³/mol. The number of imidazole rings is 1. The van der Waals surface area contributed by atoms with E-state index in [0.29, 0.717) is 10.6 Å². The topological polar surface area (TPSA) is 115 Å². The van der Waals surface area contributed by atoms with Crippen molar-refractivity contribution in [3.8, 4) is 17.0 Å². The van der Waals surface area contributed by atoms with E-state index in [2.05, 4.69) is 9.71 Å². The van der Waals surface area contributed by atoms with Crippen LogP contribution in [0.3, 0.4) is 0 Å². The van der Waals surface area contributed by atoms with Crippen molar-refractivity contribution in [3.05, 3.63) is 28.9 Å². The first-order valence-electron chi connectivity index (χ1n) is 10.8. The third-order valence-electron chi connectivity index (χ3n) is 5.96. The molecule has 174 valence electrons. The van der Waals surface area contributed by atoms with Crippen LogP contribution in [0.4, 0.5) is 0 Å². The number of nitrogens with zero attached hydrogens (tertiary/aromatic N) is 3. The molecule has 32 heavy (non-hydrogen) atoms. The maximum Gasteiger partial charge on any atom is 0.216 e. The Morgan fingerprint density at radius 2 is 2.03 bits per heavy atom. The summed E-state index contributed by atoms with van der Waals surface area (Å²) in [4.78, 5) is 5.99. The second-order valence-corrected chi connectivity index (χ2v) is 11.1. The molecule has 1 unspecified atom stereocenters. The quantitative estimate of drug-likeness (QED) is 0.447. The summed E-state index contributed by atoms with van der Waals surface area (Å²) in [5, 5.41) is 25.0. The molecule has 8 nitrogen and oxygen atoms in total. The van der Waals surface area contributed by atoms with Crippen LogP contribution in [0.25, 0.3) is 16.2 Å². The van der Waals surface area contributed by atoms with Crippen LogP contribution in [0.5, 0.6) is 5.75 Å². The number of hydrogen-bond acceptors (Lipinski definition) is 8. The summed E-state index contributed by atoms with van der Waals surface area (Å²) in [5.74, 6) is 0.550. The molecule has 1 aliphatic carbocycles. The molecule has 1 fully saturated rings. The van der Waals surface area contributed by atoms with Crippen LogP contribution in [-0.4, -0.2) is 55.2 Å². The molecule has 0 bridgehead atoms. The maximum absolute atomic E-state index is 13.2. The first-order chi connectivity index (χ1) is 15.2. The zero-order valence-corrected chi connectivity index (χ0v) is 20.4. The number of fused-ring (bicyclic) bond motifs is 1. The highest BCUT2D eigenvalue weighted by molar-refractivity contribution is 7.89. The number of aliphatic hydroxyl groups is 2. The number of ether oxygens (including phenoxy) is 1. The van der Waals surface area contributed by atoms with Crippen LogP contribution >= 0.6 is 11.3 Å². The summed E-state index contributed by atoms with van der Waals surface area (Å²) in [6, 6.07) is 5.70. The molecule has 1 aliphatic rings. The lowest BCUT2D eigenvalue weighted by atomic mass is 9.94. The number of aryl methyl sites for hydroxylation is 1. The van der Waals surface area contributed by atoms with Crippen molar-refractivity contribution >= 4 is 27.7 Å². The smallest absolute Gasteiger partial charge is 0.216 e. The summed E-state index contributed by atoms with van der Waals surface area (Å²) < 4.78 is 23.7. The summed E-state index contributed by atoms with van der Waals surface area (Å²) >= 11 is 0.0000201. The molecule has 3 N–H and O–H groups in total. The van der Waals surface area contributed by atoms with Crippen LogP contribution in [0, 0.1) is 6.92 Å². The Balaban J connectivity index is 1.69. The second-order valence-electron chi connectivity index (χ2n) is 8.95. The Bertz CT molecular complexity index is 1090. The number of methoxy groups -OCH3 is 1. The fourth-order valence-corrected chi connectivity index (χ4v) is 6.17. The molecule has 0 aliphatic heterocycles. The number of hydrogen-bond donors (Lipinski definition) is 3. The Hall–Kier alpha value is -1.69. The van der Waals surface area contributed by atoms with Crippen molar-refractivity contribution in [1.82, 2.24) is 19.3 Å². The van der Waals surface area contributed by atoms with Crippen LogP contribution in [0.15, 0.2) is 23.1 Å². The Morgan fingerprint density at radius 3 is 2.69 bits per heavy atom. The third-order valence-corrected chi connectivity index (χ3v) is 8.50. The van der Waals surface area contributed by atoms with Gasteiger partial charge in [-0.2, -0.15) is 5.10 Å². The molecule has 10 heteroatoms. The minimum Gasteiger partial charge on any atom is -0.593 e. The lowest BCUT2D eigenvalue weighted by Gasteiger charge is -2.26. The van der Waals surface area contributed by atoms with E-state index in [1.165, 1.54) is 11.3 Å². The molecular weight excluding hydrogens is 448 g/mol. The van der Waals surface area contributed by atoms with Gasteiger partial charge >= 0.3 is 0 Å². The van der Waals surface area contributed by atoms with Gasteiger partial charge in [0.05, 0.1) is 48.6 Å². The van der Waals surface area contributed by atoms with Crippen LogP contribution in [0.1, 0.15) is 50.2 Å². The van der Waals surface area contributed by atoms with Gasteiger partial charge in [0, 0.05) is 17.0 Å². The van der Waals surface area contributed by atoms with Gasteiger partial charge in [-0.25, -0.2) is 9.50 Å². The van der Waals surface area contributed by atoms with E-state index in [9.17, 15) is 14.8 Å². The summed E-state index contributed by atoms with van der Waals surface area (Å²) in [5.41, 5.74) is 2.05. The van der Waals surface area contributed by atoms with Crippen LogP contribution < -0.4 is 9.46 Å².